The summed E-state index contributed by atoms with van der Waals surface area (Å²) in [5, 5.41) is 0. The van der Waals surface area contributed by atoms with Crippen LogP contribution in [0.1, 0.15) is 6.42 Å². The summed E-state index contributed by atoms with van der Waals surface area (Å²) in [6.07, 6.45) is 0.0793. The summed E-state index contributed by atoms with van der Waals surface area (Å²) >= 11 is 0. The van der Waals surface area contributed by atoms with Gasteiger partial charge >= 0.3 is 15.4 Å². The van der Waals surface area contributed by atoms with Gasteiger partial charge in [-0.3, -0.25) is 0 Å². The number of carbonyl (C=O) groups excluding carboxylic acids is 1. The van der Waals surface area contributed by atoms with E-state index in [0.29, 0.717) is 6.61 Å². The molecule has 1 aliphatic heterocycles. The normalized spacial score (nSPS) is 22.8. The van der Waals surface area contributed by atoms with Crippen molar-refractivity contribution in [3.05, 3.63) is 0 Å². The van der Waals surface area contributed by atoms with E-state index in [1.807, 2.05) is 0 Å². The van der Waals surface area contributed by atoms with Crippen molar-refractivity contribution in [2.24, 2.45) is 0 Å². The first-order valence-electron chi connectivity index (χ1n) is 5.45. The van der Waals surface area contributed by atoms with Crippen LogP contribution in [-0.2, 0) is 18.0 Å². The van der Waals surface area contributed by atoms with Gasteiger partial charge in [-0.2, -0.15) is 0 Å². The molecule has 0 spiro atoms. The minimum atomic E-state index is -1.60. The molecule has 1 heterocycles. The molecule has 1 saturated heterocycles. The molecule has 0 amide bonds. The largest absolute Gasteiger partial charge is 0.508 e. The molecule has 0 aliphatic carbocycles. The number of rotatable bonds is 6. The Morgan fingerprint density at radius 1 is 1.50 bits per heavy atom. The number of cyclic esters (lactones) is 2. The lowest BCUT2D eigenvalue weighted by atomic mass is 10.3. The molecule has 1 fully saturated rings. The summed E-state index contributed by atoms with van der Waals surface area (Å²) in [5.41, 5.74) is 0. The van der Waals surface area contributed by atoms with Crippen LogP contribution in [0.5, 0.6) is 0 Å². The second-order valence-electron chi connectivity index (χ2n) is 4.77. The van der Waals surface area contributed by atoms with Gasteiger partial charge in [-0.15, -0.1) is 0 Å². The molecule has 0 saturated carbocycles. The van der Waals surface area contributed by atoms with E-state index >= 15 is 0 Å². The monoisotopic (exact) mass is 264 g/mol. The zero-order chi connectivity index (χ0) is 12.2. The predicted molar refractivity (Wildman–Crippen MR) is 64.2 cm³/mol. The topological polar surface area (TPSA) is 54.0 Å². The highest BCUT2D eigenvalue weighted by molar-refractivity contribution is 6.75. The molecular weight excluding hydrogens is 244 g/mol. The Balaban J connectivity index is 2.26. The summed E-state index contributed by atoms with van der Waals surface area (Å²) in [6, 6.07) is 0.849. The smallest absolute Gasteiger partial charge is 0.438 e. The summed E-state index contributed by atoms with van der Waals surface area (Å²) in [6.45, 7) is 6.79. The highest BCUT2D eigenvalue weighted by atomic mass is 28.4. The second-order valence-corrected chi connectivity index (χ2v) is 11.8. The Morgan fingerprint density at radius 2 is 2.19 bits per heavy atom. The zero-order valence-corrected chi connectivity index (χ0v) is 12.5. The molecule has 0 aromatic heterocycles. The molecule has 94 valence electrons. The average molecular weight is 264 g/mol. The molecule has 2 unspecified atom stereocenters. The van der Waals surface area contributed by atoms with Crippen molar-refractivity contribution in [2.75, 3.05) is 13.7 Å². The van der Waals surface area contributed by atoms with Crippen LogP contribution in [0.2, 0.25) is 25.7 Å². The third kappa shape index (κ3) is 5.10. The summed E-state index contributed by atoms with van der Waals surface area (Å²) in [4.78, 5) is 10.7. The van der Waals surface area contributed by atoms with Crippen LogP contribution in [0.15, 0.2) is 0 Å². The van der Waals surface area contributed by atoms with Gasteiger partial charge in [0.15, 0.2) is 8.32 Å². The van der Waals surface area contributed by atoms with Crippen molar-refractivity contribution >= 4 is 23.8 Å². The predicted octanol–water partition coefficient (Wildman–Crippen LogP) is 1.63. The highest BCUT2D eigenvalue weighted by Crippen LogP contribution is 2.16. The molecule has 5 nitrogen and oxygen atoms in total. The molecule has 16 heavy (non-hydrogen) atoms. The van der Waals surface area contributed by atoms with Crippen molar-refractivity contribution in [2.45, 2.75) is 38.2 Å². The van der Waals surface area contributed by atoms with E-state index in [0.717, 1.165) is 12.5 Å². The SMILES string of the molecule is CO[SiH](CCC1COC(=O)O1)O[Si](C)(C)C. The Bertz CT molecular complexity index is 241. The van der Waals surface area contributed by atoms with E-state index in [1.54, 1.807) is 7.11 Å². The van der Waals surface area contributed by atoms with E-state index < -0.39 is 23.8 Å². The molecule has 0 aromatic carbocycles. The van der Waals surface area contributed by atoms with E-state index in [1.165, 1.54) is 0 Å². The standard InChI is InChI=1S/C9H20O5Si2/c1-11-15(14-16(2,3)4)6-5-8-7-12-9(10)13-8/h8,15H,5-7H2,1-4H3. The molecule has 0 N–H and O–H groups in total. The Morgan fingerprint density at radius 3 is 2.62 bits per heavy atom. The van der Waals surface area contributed by atoms with E-state index in [2.05, 4.69) is 19.6 Å². The second kappa shape index (κ2) is 5.80. The third-order valence-electron chi connectivity index (χ3n) is 2.12. The maximum Gasteiger partial charge on any atom is 0.508 e. The Hall–Kier alpha value is -0.376. The maximum absolute atomic E-state index is 10.7. The van der Waals surface area contributed by atoms with Crippen LogP contribution in [0.4, 0.5) is 4.79 Å². The minimum Gasteiger partial charge on any atom is -0.438 e. The Kier molecular flexibility index (Phi) is 4.97. The minimum absolute atomic E-state index is 0.122. The van der Waals surface area contributed by atoms with Gasteiger partial charge in [-0.25, -0.2) is 4.79 Å². The van der Waals surface area contributed by atoms with E-state index in [4.69, 9.17) is 18.0 Å². The van der Waals surface area contributed by atoms with Gasteiger partial charge in [0.1, 0.15) is 12.7 Å². The molecule has 0 radical (unpaired) electrons. The molecule has 7 heteroatoms. The lowest BCUT2D eigenvalue weighted by Crippen LogP contribution is -2.36. The lowest BCUT2D eigenvalue weighted by Gasteiger charge is -2.24. The number of ether oxygens (including phenoxy) is 2. The summed E-state index contributed by atoms with van der Waals surface area (Å²) in [5.74, 6) is 0. The molecule has 1 rings (SSSR count). The fraction of sp³-hybridized carbons (Fsp3) is 0.889. The molecule has 0 bridgehead atoms. The summed E-state index contributed by atoms with van der Waals surface area (Å²) in [7, 11) is -1.44. The van der Waals surface area contributed by atoms with Gasteiger partial charge in [0, 0.05) is 7.11 Å². The number of carbonyl (C=O) groups is 1. The van der Waals surface area contributed by atoms with Gasteiger partial charge in [0.2, 0.25) is 0 Å². The van der Waals surface area contributed by atoms with Crippen molar-refractivity contribution in [3.8, 4) is 0 Å². The van der Waals surface area contributed by atoms with Crippen molar-refractivity contribution in [1.82, 2.24) is 0 Å². The summed E-state index contributed by atoms with van der Waals surface area (Å²) < 4.78 is 21.0. The van der Waals surface area contributed by atoms with Crippen LogP contribution in [0, 0.1) is 0 Å². The number of hydrogen-bond donors (Lipinski definition) is 0. The van der Waals surface area contributed by atoms with Crippen LogP contribution < -0.4 is 0 Å². The highest BCUT2D eigenvalue weighted by Gasteiger charge is 2.28. The van der Waals surface area contributed by atoms with Crippen LogP contribution >= 0.6 is 0 Å². The molecule has 0 aromatic rings. The quantitative estimate of drug-likeness (QED) is 0.539. The molecular formula is C9H20O5Si2. The zero-order valence-electron chi connectivity index (χ0n) is 10.3. The third-order valence-corrected chi connectivity index (χ3v) is 7.33. The van der Waals surface area contributed by atoms with Crippen molar-refractivity contribution in [3.63, 3.8) is 0 Å². The number of hydrogen-bond acceptors (Lipinski definition) is 5. The lowest BCUT2D eigenvalue weighted by molar-refractivity contribution is 0.116. The molecule has 2 atom stereocenters. The van der Waals surface area contributed by atoms with Gasteiger partial charge < -0.3 is 18.0 Å². The molecule has 1 aliphatic rings. The van der Waals surface area contributed by atoms with Crippen LogP contribution in [-0.4, -0.2) is 43.6 Å². The van der Waals surface area contributed by atoms with Gasteiger partial charge in [0.25, 0.3) is 0 Å². The van der Waals surface area contributed by atoms with E-state index in [9.17, 15) is 4.79 Å². The fourth-order valence-corrected chi connectivity index (χ4v) is 6.34. The van der Waals surface area contributed by atoms with Crippen LogP contribution in [0.3, 0.4) is 0 Å². The van der Waals surface area contributed by atoms with E-state index in [-0.39, 0.29) is 6.10 Å². The van der Waals surface area contributed by atoms with Gasteiger partial charge in [-0.1, -0.05) is 0 Å². The fourth-order valence-electron chi connectivity index (χ4n) is 1.45. The van der Waals surface area contributed by atoms with Crippen molar-refractivity contribution < 1.29 is 22.8 Å². The first-order chi connectivity index (χ1) is 7.40. The first-order valence-corrected chi connectivity index (χ1v) is 10.6. The Labute approximate surface area is 99.0 Å². The van der Waals surface area contributed by atoms with Gasteiger partial charge in [-0.05, 0) is 32.1 Å². The van der Waals surface area contributed by atoms with Gasteiger partial charge in [0.05, 0.1) is 0 Å². The van der Waals surface area contributed by atoms with Crippen molar-refractivity contribution in [1.29, 1.82) is 0 Å². The first kappa shape index (κ1) is 13.7. The average Bonchev–Trinajstić information content (AvgIpc) is 2.57. The maximum atomic E-state index is 10.7. The van der Waals surface area contributed by atoms with Crippen LogP contribution in [0.25, 0.3) is 0 Å².